The number of hydrogen-bond donors (Lipinski definition) is 0. The van der Waals surface area contributed by atoms with Gasteiger partial charge in [0, 0.05) is 5.41 Å². The Labute approximate surface area is 71.0 Å². The van der Waals surface area contributed by atoms with Crippen LogP contribution >= 0.6 is 0 Å². The number of cyclic esters (lactones) is 1. The van der Waals surface area contributed by atoms with Gasteiger partial charge in [-0.05, 0) is 19.3 Å². The first-order chi connectivity index (χ1) is 5.78. The summed E-state index contributed by atoms with van der Waals surface area (Å²) < 4.78 is 10.8. The summed E-state index contributed by atoms with van der Waals surface area (Å²) in [7, 11) is 0. The van der Waals surface area contributed by atoms with Gasteiger partial charge in [0.25, 0.3) is 0 Å². The lowest BCUT2D eigenvalue weighted by Gasteiger charge is -2.26. The van der Waals surface area contributed by atoms with E-state index in [-0.39, 0.29) is 11.4 Å². The molecule has 3 aliphatic rings. The molecule has 0 aromatic heterocycles. The van der Waals surface area contributed by atoms with Gasteiger partial charge in [-0.1, -0.05) is 0 Å². The number of rotatable bonds is 0. The lowest BCUT2D eigenvalue weighted by Crippen LogP contribution is -2.32. The minimum Gasteiger partial charge on any atom is -0.465 e. The number of hydrogen-bond acceptors (Lipinski definition) is 3. The van der Waals surface area contributed by atoms with Crippen molar-refractivity contribution in [2.24, 2.45) is 5.41 Å². The highest BCUT2D eigenvalue weighted by Gasteiger charge is 2.56. The Bertz CT molecular complexity index is 238. The van der Waals surface area contributed by atoms with E-state index < -0.39 is 0 Å². The number of fused-ring (bicyclic) bond motifs is 3. The molecule has 2 bridgehead atoms. The summed E-state index contributed by atoms with van der Waals surface area (Å²) in [6, 6.07) is 0. The smallest absolute Gasteiger partial charge is 0.306 e. The van der Waals surface area contributed by atoms with Gasteiger partial charge >= 0.3 is 5.97 Å². The van der Waals surface area contributed by atoms with E-state index in [0.29, 0.717) is 25.2 Å². The molecule has 3 saturated heterocycles. The zero-order chi connectivity index (χ0) is 8.18. The SMILES string of the molecule is O=C1CC2(CO1)CC1CCC2O1. The van der Waals surface area contributed by atoms with Gasteiger partial charge in [-0.3, -0.25) is 4.79 Å². The van der Waals surface area contributed by atoms with Gasteiger partial charge < -0.3 is 9.47 Å². The molecule has 3 heteroatoms. The van der Waals surface area contributed by atoms with Gasteiger partial charge in [0.15, 0.2) is 0 Å². The molecule has 0 aliphatic carbocycles. The van der Waals surface area contributed by atoms with Crippen LogP contribution in [0.15, 0.2) is 0 Å². The van der Waals surface area contributed by atoms with E-state index in [4.69, 9.17) is 9.47 Å². The van der Waals surface area contributed by atoms with E-state index in [1.165, 1.54) is 6.42 Å². The third-order valence-electron chi connectivity index (χ3n) is 3.44. The van der Waals surface area contributed by atoms with Crippen molar-refractivity contribution in [3.05, 3.63) is 0 Å². The van der Waals surface area contributed by atoms with Crippen molar-refractivity contribution in [2.75, 3.05) is 6.61 Å². The van der Waals surface area contributed by atoms with Crippen LogP contribution in [-0.2, 0) is 14.3 Å². The van der Waals surface area contributed by atoms with Crippen molar-refractivity contribution in [2.45, 2.75) is 37.9 Å². The highest BCUT2D eigenvalue weighted by atomic mass is 16.6. The maximum Gasteiger partial charge on any atom is 0.306 e. The summed E-state index contributed by atoms with van der Waals surface area (Å²) in [4.78, 5) is 11.0. The average molecular weight is 168 g/mol. The fraction of sp³-hybridized carbons (Fsp3) is 0.889. The first-order valence-corrected chi connectivity index (χ1v) is 4.60. The van der Waals surface area contributed by atoms with Gasteiger partial charge in [-0.2, -0.15) is 0 Å². The van der Waals surface area contributed by atoms with E-state index in [1.807, 2.05) is 0 Å². The van der Waals surface area contributed by atoms with Gasteiger partial charge in [0.1, 0.15) is 6.61 Å². The minimum absolute atomic E-state index is 0.0360. The molecular formula is C9H12O3. The molecule has 3 rings (SSSR count). The standard InChI is InChI=1S/C9H12O3/c10-8-4-9(5-11-8)3-6-1-2-7(9)12-6/h6-7H,1-5H2. The van der Waals surface area contributed by atoms with Crippen LogP contribution in [0.3, 0.4) is 0 Å². The summed E-state index contributed by atoms with van der Waals surface area (Å²) in [6.07, 6.45) is 4.68. The third kappa shape index (κ3) is 0.724. The molecule has 0 aromatic carbocycles. The van der Waals surface area contributed by atoms with Crippen LogP contribution < -0.4 is 0 Å². The Balaban J connectivity index is 1.88. The molecule has 0 saturated carbocycles. The van der Waals surface area contributed by atoms with E-state index in [1.54, 1.807) is 0 Å². The highest BCUT2D eigenvalue weighted by Crippen LogP contribution is 2.52. The zero-order valence-electron chi connectivity index (χ0n) is 6.91. The van der Waals surface area contributed by atoms with Crippen molar-refractivity contribution in [1.82, 2.24) is 0 Å². The predicted molar refractivity (Wildman–Crippen MR) is 40.5 cm³/mol. The van der Waals surface area contributed by atoms with Gasteiger partial charge in [0.05, 0.1) is 18.6 Å². The van der Waals surface area contributed by atoms with E-state index in [0.717, 1.165) is 12.8 Å². The Morgan fingerprint density at radius 2 is 2.33 bits per heavy atom. The molecule has 0 amide bonds. The van der Waals surface area contributed by atoms with Crippen LogP contribution in [-0.4, -0.2) is 24.8 Å². The molecule has 12 heavy (non-hydrogen) atoms. The van der Waals surface area contributed by atoms with Crippen molar-refractivity contribution in [1.29, 1.82) is 0 Å². The Kier molecular flexibility index (Phi) is 1.16. The zero-order valence-corrected chi connectivity index (χ0v) is 6.91. The third-order valence-corrected chi connectivity index (χ3v) is 3.44. The molecule has 3 atom stereocenters. The molecule has 3 nitrogen and oxygen atoms in total. The lowest BCUT2D eigenvalue weighted by molar-refractivity contribution is -0.137. The predicted octanol–water partition coefficient (Wildman–Crippen LogP) is 0.871. The van der Waals surface area contributed by atoms with Crippen LogP contribution in [0, 0.1) is 5.41 Å². The summed E-state index contributed by atoms with van der Waals surface area (Å²) in [5.41, 5.74) is 0.0833. The van der Waals surface area contributed by atoms with E-state index in [2.05, 4.69) is 0 Å². The number of esters is 1. The van der Waals surface area contributed by atoms with Crippen LogP contribution in [0.1, 0.15) is 25.7 Å². The molecule has 66 valence electrons. The Hall–Kier alpha value is -0.570. The first-order valence-electron chi connectivity index (χ1n) is 4.60. The van der Waals surface area contributed by atoms with Crippen LogP contribution in [0.4, 0.5) is 0 Å². The monoisotopic (exact) mass is 168 g/mol. The summed E-state index contributed by atoms with van der Waals surface area (Å²) in [5.74, 6) is -0.0360. The molecule has 3 fully saturated rings. The largest absolute Gasteiger partial charge is 0.465 e. The fourth-order valence-corrected chi connectivity index (χ4v) is 2.84. The number of ether oxygens (including phenoxy) is 2. The molecule has 3 aliphatic heterocycles. The first kappa shape index (κ1) is 6.89. The second kappa shape index (κ2) is 2.02. The second-order valence-electron chi connectivity index (χ2n) is 4.23. The molecule has 0 radical (unpaired) electrons. The van der Waals surface area contributed by atoms with Crippen LogP contribution in [0.5, 0.6) is 0 Å². The highest BCUT2D eigenvalue weighted by molar-refractivity contribution is 5.72. The number of carbonyl (C=O) groups excluding carboxylic acids is 1. The summed E-state index contributed by atoms with van der Waals surface area (Å²) in [6.45, 7) is 0.604. The van der Waals surface area contributed by atoms with Crippen LogP contribution in [0.2, 0.25) is 0 Å². The van der Waals surface area contributed by atoms with Crippen molar-refractivity contribution in [3.8, 4) is 0 Å². The molecule has 0 aromatic rings. The normalized spacial score (nSPS) is 50.5. The second-order valence-corrected chi connectivity index (χ2v) is 4.23. The van der Waals surface area contributed by atoms with Crippen molar-refractivity contribution < 1.29 is 14.3 Å². The Morgan fingerprint density at radius 1 is 1.42 bits per heavy atom. The average Bonchev–Trinajstić information content (AvgIpc) is 2.67. The van der Waals surface area contributed by atoms with Crippen molar-refractivity contribution >= 4 is 5.97 Å². The molecule has 3 unspecified atom stereocenters. The molecule has 0 N–H and O–H groups in total. The molecule has 1 spiro atoms. The van der Waals surface area contributed by atoms with Crippen molar-refractivity contribution in [3.63, 3.8) is 0 Å². The summed E-state index contributed by atoms with van der Waals surface area (Å²) in [5, 5.41) is 0. The maximum absolute atomic E-state index is 11.0. The van der Waals surface area contributed by atoms with Crippen LogP contribution in [0.25, 0.3) is 0 Å². The quantitative estimate of drug-likeness (QED) is 0.503. The van der Waals surface area contributed by atoms with Gasteiger partial charge in [0.2, 0.25) is 0 Å². The van der Waals surface area contributed by atoms with Gasteiger partial charge in [-0.15, -0.1) is 0 Å². The summed E-state index contributed by atoms with van der Waals surface area (Å²) >= 11 is 0. The van der Waals surface area contributed by atoms with E-state index in [9.17, 15) is 4.79 Å². The topological polar surface area (TPSA) is 35.5 Å². The molecular weight excluding hydrogens is 156 g/mol. The Morgan fingerprint density at radius 3 is 2.83 bits per heavy atom. The van der Waals surface area contributed by atoms with Gasteiger partial charge in [-0.25, -0.2) is 0 Å². The molecule has 3 heterocycles. The number of carbonyl (C=O) groups is 1. The minimum atomic E-state index is -0.0360. The fourth-order valence-electron chi connectivity index (χ4n) is 2.84. The van der Waals surface area contributed by atoms with E-state index >= 15 is 0 Å². The lowest BCUT2D eigenvalue weighted by atomic mass is 9.73. The maximum atomic E-state index is 11.0.